The standard InChI is InChI=1S/C11H26N2O/c1-4-5-8-13(10-7-12-3)9-6-11(2)14/h11-12,14H,4-10H2,1-3H3. The Kier molecular flexibility index (Phi) is 9.35. The molecule has 3 heteroatoms. The van der Waals surface area contributed by atoms with Crippen molar-refractivity contribution < 1.29 is 5.11 Å². The van der Waals surface area contributed by atoms with Crippen molar-refractivity contribution in [1.82, 2.24) is 10.2 Å². The normalized spacial score (nSPS) is 13.5. The number of likely N-dealkylation sites (N-methyl/N-ethyl adjacent to an activating group) is 1. The smallest absolute Gasteiger partial charge is 0.0524 e. The molecule has 0 aromatic heterocycles. The van der Waals surface area contributed by atoms with Crippen LogP contribution in [0.3, 0.4) is 0 Å². The van der Waals surface area contributed by atoms with Gasteiger partial charge in [0.15, 0.2) is 0 Å². The van der Waals surface area contributed by atoms with E-state index in [0.717, 1.165) is 32.6 Å². The first kappa shape index (κ1) is 13.9. The van der Waals surface area contributed by atoms with Gasteiger partial charge in [-0.05, 0) is 33.4 Å². The highest BCUT2D eigenvalue weighted by Crippen LogP contribution is 1.98. The van der Waals surface area contributed by atoms with Gasteiger partial charge in [-0.3, -0.25) is 0 Å². The van der Waals surface area contributed by atoms with E-state index in [4.69, 9.17) is 0 Å². The second-order valence-corrected chi connectivity index (χ2v) is 3.94. The van der Waals surface area contributed by atoms with E-state index >= 15 is 0 Å². The zero-order valence-electron chi connectivity index (χ0n) is 9.92. The molecule has 0 aliphatic carbocycles. The minimum Gasteiger partial charge on any atom is -0.393 e. The summed E-state index contributed by atoms with van der Waals surface area (Å²) in [4.78, 5) is 2.42. The van der Waals surface area contributed by atoms with Crippen LogP contribution in [0.1, 0.15) is 33.1 Å². The Bertz CT molecular complexity index is 110. The van der Waals surface area contributed by atoms with Crippen LogP contribution in [0.5, 0.6) is 0 Å². The molecule has 2 N–H and O–H groups in total. The van der Waals surface area contributed by atoms with Crippen LogP contribution in [0.2, 0.25) is 0 Å². The van der Waals surface area contributed by atoms with E-state index < -0.39 is 0 Å². The average Bonchev–Trinajstić information content (AvgIpc) is 2.16. The summed E-state index contributed by atoms with van der Waals surface area (Å²) in [6.45, 7) is 8.36. The minimum atomic E-state index is -0.172. The monoisotopic (exact) mass is 202 g/mol. The average molecular weight is 202 g/mol. The fraction of sp³-hybridized carbons (Fsp3) is 1.00. The molecule has 1 atom stereocenters. The molecule has 0 spiro atoms. The van der Waals surface area contributed by atoms with Gasteiger partial charge in [0.25, 0.3) is 0 Å². The van der Waals surface area contributed by atoms with Gasteiger partial charge in [0.05, 0.1) is 6.10 Å². The van der Waals surface area contributed by atoms with Crippen molar-refractivity contribution in [3.05, 3.63) is 0 Å². The molecule has 0 saturated heterocycles. The van der Waals surface area contributed by atoms with Crippen LogP contribution < -0.4 is 5.32 Å². The van der Waals surface area contributed by atoms with E-state index in [1.807, 2.05) is 14.0 Å². The highest BCUT2D eigenvalue weighted by atomic mass is 16.3. The van der Waals surface area contributed by atoms with Crippen LogP contribution in [0.15, 0.2) is 0 Å². The van der Waals surface area contributed by atoms with Crippen molar-refractivity contribution >= 4 is 0 Å². The first-order valence-electron chi connectivity index (χ1n) is 5.75. The zero-order valence-corrected chi connectivity index (χ0v) is 9.92. The fourth-order valence-electron chi connectivity index (χ4n) is 1.36. The van der Waals surface area contributed by atoms with Gasteiger partial charge in [-0.15, -0.1) is 0 Å². The molecule has 0 heterocycles. The number of hydrogen-bond acceptors (Lipinski definition) is 3. The number of nitrogens with zero attached hydrogens (tertiary/aromatic N) is 1. The van der Waals surface area contributed by atoms with E-state index in [1.54, 1.807) is 0 Å². The molecular weight excluding hydrogens is 176 g/mol. The summed E-state index contributed by atoms with van der Waals surface area (Å²) < 4.78 is 0. The zero-order chi connectivity index (χ0) is 10.8. The third kappa shape index (κ3) is 8.48. The van der Waals surface area contributed by atoms with Gasteiger partial charge in [-0.2, -0.15) is 0 Å². The molecule has 14 heavy (non-hydrogen) atoms. The maximum Gasteiger partial charge on any atom is 0.0524 e. The van der Waals surface area contributed by atoms with Crippen molar-refractivity contribution in [2.75, 3.05) is 33.2 Å². The largest absolute Gasteiger partial charge is 0.393 e. The van der Waals surface area contributed by atoms with Crippen LogP contribution in [0.4, 0.5) is 0 Å². The molecule has 0 fully saturated rings. The maximum absolute atomic E-state index is 9.21. The maximum atomic E-state index is 9.21. The summed E-state index contributed by atoms with van der Waals surface area (Å²) in [5.41, 5.74) is 0. The molecule has 0 aromatic rings. The van der Waals surface area contributed by atoms with E-state index in [0.29, 0.717) is 0 Å². The second kappa shape index (κ2) is 9.44. The third-order valence-electron chi connectivity index (χ3n) is 2.37. The molecule has 0 aromatic carbocycles. The van der Waals surface area contributed by atoms with E-state index in [2.05, 4.69) is 17.1 Å². The van der Waals surface area contributed by atoms with Gasteiger partial charge in [0.1, 0.15) is 0 Å². The van der Waals surface area contributed by atoms with Crippen LogP contribution in [-0.4, -0.2) is 49.3 Å². The van der Waals surface area contributed by atoms with Gasteiger partial charge >= 0.3 is 0 Å². The summed E-state index contributed by atoms with van der Waals surface area (Å²) in [6.07, 6.45) is 3.20. The lowest BCUT2D eigenvalue weighted by Crippen LogP contribution is -2.33. The quantitative estimate of drug-likeness (QED) is 0.587. The Morgan fingerprint density at radius 2 is 2.00 bits per heavy atom. The fourth-order valence-corrected chi connectivity index (χ4v) is 1.36. The predicted molar refractivity (Wildman–Crippen MR) is 61.6 cm³/mol. The lowest BCUT2D eigenvalue weighted by Gasteiger charge is -2.22. The molecular formula is C11H26N2O. The molecule has 86 valence electrons. The lowest BCUT2D eigenvalue weighted by molar-refractivity contribution is 0.155. The third-order valence-corrected chi connectivity index (χ3v) is 2.37. The number of hydrogen-bond donors (Lipinski definition) is 2. The molecule has 0 aliphatic rings. The van der Waals surface area contributed by atoms with E-state index in [9.17, 15) is 5.11 Å². The van der Waals surface area contributed by atoms with Crippen molar-refractivity contribution in [2.24, 2.45) is 0 Å². The lowest BCUT2D eigenvalue weighted by atomic mass is 10.2. The van der Waals surface area contributed by atoms with Crippen LogP contribution in [-0.2, 0) is 0 Å². The van der Waals surface area contributed by atoms with E-state index in [-0.39, 0.29) is 6.10 Å². The Labute approximate surface area is 88.5 Å². The summed E-state index contributed by atoms with van der Waals surface area (Å²) >= 11 is 0. The molecule has 0 radical (unpaired) electrons. The van der Waals surface area contributed by atoms with Gasteiger partial charge in [-0.1, -0.05) is 13.3 Å². The highest BCUT2D eigenvalue weighted by Gasteiger charge is 2.05. The highest BCUT2D eigenvalue weighted by molar-refractivity contribution is 4.61. The summed E-state index contributed by atoms with van der Waals surface area (Å²) in [6, 6.07) is 0. The van der Waals surface area contributed by atoms with Gasteiger partial charge in [-0.25, -0.2) is 0 Å². The molecule has 0 aliphatic heterocycles. The molecule has 3 nitrogen and oxygen atoms in total. The van der Waals surface area contributed by atoms with Crippen molar-refractivity contribution in [1.29, 1.82) is 0 Å². The van der Waals surface area contributed by atoms with Crippen LogP contribution in [0.25, 0.3) is 0 Å². The Morgan fingerprint density at radius 1 is 1.29 bits per heavy atom. The topological polar surface area (TPSA) is 35.5 Å². The Balaban J connectivity index is 3.60. The summed E-state index contributed by atoms with van der Waals surface area (Å²) in [5, 5.41) is 12.4. The first-order valence-corrected chi connectivity index (χ1v) is 5.75. The van der Waals surface area contributed by atoms with Gasteiger partial charge in [0, 0.05) is 19.6 Å². The minimum absolute atomic E-state index is 0.172. The molecule has 0 rings (SSSR count). The Hall–Kier alpha value is -0.120. The SMILES string of the molecule is CCCCN(CCNC)CCC(C)O. The number of aliphatic hydroxyl groups is 1. The summed E-state index contributed by atoms with van der Waals surface area (Å²) in [5.74, 6) is 0. The predicted octanol–water partition coefficient (Wildman–Crippen LogP) is 1.08. The van der Waals surface area contributed by atoms with Crippen molar-refractivity contribution in [3.8, 4) is 0 Å². The molecule has 0 saturated carbocycles. The summed E-state index contributed by atoms with van der Waals surface area (Å²) in [7, 11) is 1.98. The van der Waals surface area contributed by atoms with Gasteiger partial charge in [0.2, 0.25) is 0 Å². The first-order chi connectivity index (χ1) is 6.70. The van der Waals surface area contributed by atoms with Crippen LogP contribution in [0, 0.1) is 0 Å². The van der Waals surface area contributed by atoms with Crippen molar-refractivity contribution in [2.45, 2.75) is 39.2 Å². The van der Waals surface area contributed by atoms with Crippen molar-refractivity contribution in [3.63, 3.8) is 0 Å². The molecule has 0 amide bonds. The number of rotatable bonds is 9. The molecule has 0 bridgehead atoms. The van der Waals surface area contributed by atoms with Crippen LogP contribution >= 0.6 is 0 Å². The number of unbranched alkanes of at least 4 members (excludes halogenated alkanes) is 1. The Morgan fingerprint density at radius 3 is 2.50 bits per heavy atom. The molecule has 1 unspecified atom stereocenters. The van der Waals surface area contributed by atoms with E-state index in [1.165, 1.54) is 12.8 Å². The van der Waals surface area contributed by atoms with Gasteiger partial charge < -0.3 is 15.3 Å². The number of nitrogens with one attached hydrogen (secondary N) is 1. The number of aliphatic hydroxyl groups excluding tert-OH is 1. The second-order valence-electron chi connectivity index (χ2n) is 3.94.